The van der Waals surface area contributed by atoms with Crippen molar-refractivity contribution in [3.63, 3.8) is 0 Å². The van der Waals surface area contributed by atoms with Gasteiger partial charge in [0.15, 0.2) is 0 Å². The van der Waals surface area contributed by atoms with Gasteiger partial charge in [0.05, 0.1) is 0 Å². The normalized spacial score (nSPS) is 28.7. The summed E-state index contributed by atoms with van der Waals surface area (Å²) in [5.74, 6) is 0.0783. The summed E-state index contributed by atoms with van der Waals surface area (Å²) < 4.78 is 0.296. The van der Waals surface area contributed by atoms with Crippen LogP contribution in [-0.4, -0.2) is 22.1 Å². The fraction of sp³-hybridized carbons (Fsp3) is 0.500. The predicted molar refractivity (Wildman–Crippen MR) is 278 cm³/mol. The zero-order chi connectivity index (χ0) is 43.5. The van der Waals surface area contributed by atoms with E-state index in [1.807, 2.05) is 0 Å². The molecule has 0 radical (unpaired) electrons. The van der Waals surface area contributed by atoms with Crippen LogP contribution in [0.25, 0.3) is 34.4 Å². The second kappa shape index (κ2) is 15.8. The van der Waals surface area contributed by atoms with Crippen LogP contribution in [0.4, 0.5) is 0 Å². The van der Waals surface area contributed by atoms with E-state index in [0.29, 0.717) is 10.8 Å². The van der Waals surface area contributed by atoms with Gasteiger partial charge in [0, 0.05) is 0 Å². The van der Waals surface area contributed by atoms with Gasteiger partial charge in [-0.3, -0.25) is 0 Å². The molecule has 0 saturated heterocycles. The van der Waals surface area contributed by atoms with Crippen molar-refractivity contribution in [1.82, 2.24) is 0 Å². The van der Waals surface area contributed by atoms with E-state index in [0.717, 1.165) is 18.3 Å². The second-order valence-electron chi connectivity index (χ2n) is 24.1. The van der Waals surface area contributed by atoms with Crippen LogP contribution in [0.2, 0.25) is 51.9 Å². The first-order chi connectivity index (χ1) is 29.4. The summed E-state index contributed by atoms with van der Waals surface area (Å²) in [6, 6.07) is 35.2. The van der Waals surface area contributed by atoms with Crippen molar-refractivity contribution >= 4 is 61.6 Å². The summed E-state index contributed by atoms with van der Waals surface area (Å²) in [4.78, 5) is 0. The van der Waals surface area contributed by atoms with Crippen molar-refractivity contribution in [2.45, 2.75) is 150 Å². The molecular formula is C56H73Cl2Si3Zr. The van der Waals surface area contributed by atoms with Crippen LogP contribution in [0, 0.1) is 22.7 Å². The summed E-state index contributed by atoms with van der Waals surface area (Å²) in [5, 5.41) is 3.05. The molecule has 0 spiro atoms. The van der Waals surface area contributed by atoms with E-state index in [2.05, 4.69) is 150 Å². The summed E-state index contributed by atoms with van der Waals surface area (Å²) in [7, 11) is 16.0. The molecule has 0 heterocycles. The Morgan fingerprint density at radius 3 is 1.29 bits per heavy atom. The number of halogens is 2. The van der Waals surface area contributed by atoms with E-state index in [1.54, 1.807) is 11.1 Å². The van der Waals surface area contributed by atoms with Crippen LogP contribution < -0.4 is 10.4 Å². The quantitative estimate of drug-likeness (QED) is 0.117. The molecule has 3 unspecified atom stereocenters. The molecule has 6 heteroatoms. The van der Waals surface area contributed by atoms with E-state index in [9.17, 15) is 17.0 Å². The SMILES string of the molecule is CCC[SiH](C)[Zr]([Cl])([Cl])([CH]1C(CC23CCC(CC2)C3)=Cc2c(-c3ccc([Si](C)(C)C)cc3)cccc21)[CH]1C(CC23CCC(CC2)C3)=Cc2c(-c3ccc([Si](C)(C)C)cc3)cccc21. The standard InChI is InChI=1S/2C26H31Si.C4H11Si.2ClH.Zr/c2*1-27(2,3)23-9-7-21(8-10-23)24-6-4-5-22-15-20(16-25(22)24)18-26-13-11-19(17-26)12-14-26;1-3-4-5-2;;;/h2*4-10,15-16,19H,11-14,17-18H2,1-3H3;5H,3-4H2,1-2H3;2*1H;/q;;;;;+2/p-2. The van der Waals surface area contributed by atoms with Gasteiger partial charge in [-0.25, -0.2) is 0 Å². The first-order valence-electron chi connectivity index (χ1n) is 24.9. The molecule has 4 saturated carbocycles. The summed E-state index contributed by atoms with van der Waals surface area (Å²) in [5.41, 5.74) is 15.3. The number of rotatable bonds is 13. The first kappa shape index (κ1) is 44.3. The van der Waals surface area contributed by atoms with Crippen molar-refractivity contribution in [1.29, 1.82) is 0 Å². The maximum atomic E-state index is 9.45. The molecule has 4 fully saturated rings. The Morgan fingerprint density at radius 2 is 0.968 bits per heavy atom. The van der Waals surface area contributed by atoms with Gasteiger partial charge in [0.25, 0.3) is 0 Å². The van der Waals surface area contributed by atoms with E-state index in [4.69, 9.17) is 0 Å². The average Bonchev–Trinajstić information content (AvgIpc) is 4.11. The Balaban J connectivity index is 1.18. The number of fused-ring (bicyclic) bond motifs is 6. The molecule has 0 aliphatic heterocycles. The van der Waals surface area contributed by atoms with Crippen molar-refractivity contribution < 1.29 is 15.6 Å². The van der Waals surface area contributed by atoms with Gasteiger partial charge in [0.1, 0.15) is 0 Å². The van der Waals surface area contributed by atoms with Crippen LogP contribution >= 0.6 is 17.0 Å². The maximum absolute atomic E-state index is 9.45. The van der Waals surface area contributed by atoms with Gasteiger partial charge in [-0.05, 0) is 0 Å². The first-order valence-corrected chi connectivity index (χ1v) is 47.8. The molecule has 4 aromatic carbocycles. The monoisotopic (exact) mass is 989 g/mol. The average molecular weight is 993 g/mol. The predicted octanol–water partition coefficient (Wildman–Crippen LogP) is 16.4. The number of hydrogen-bond acceptors (Lipinski definition) is 0. The van der Waals surface area contributed by atoms with Crippen molar-refractivity contribution in [2.75, 3.05) is 0 Å². The third kappa shape index (κ3) is 7.41. The molecule has 0 amide bonds. The molecular weight excluding hydrogens is 919 g/mol. The van der Waals surface area contributed by atoms with Gasteiger partial charge in [-0.15, -0.1) is 0 Å². The molecule has 0 aromatic heterocycles. The minimum atomic E-state index is -5.14. The molecule has 4 aromatic rings. The molecule has 62 heavy (non-hydrogen) atoms. The van der Waals surface area contributed by atoms with E-state index < -0.39 is 37.6 Å². The molecule has 0 N–H and O–H groups in total. The van der Waals surface area contributed by atoms with Crippen LogP contribution in [0.3, 0.4) is 0 Å². The summed E-state index contributed by atoms with van der Waals surface area (Å²) >= 11 is -5.14. The molecule has 6 aliphatic carbocycles. The van der Waals surface area contributed by atoms with Gasteiger partial charge in [0.2, 0.25) is 0 Å². The third-order valence-corrected chi connectivity index (χ3v) is 72.7. The molecule has 327 valence electrons. The van der Waals surface area contributed by atoms with Crippen LogP contribution in [0.15, 0.2) is 96.1 Å². The van der Waals surface area contributed by atoms with Crippen LogP contribution in [0.1, 0.15) is 120 Å². The Kier molecular flexibility index (Phi) is 11.3. The van der Waals surface area contributed by atoms with Gasteiger partial charge in [-0.2, -0.15) is 0 Å². The minimum absolute atomic E-state index is 0.148. The van der Waals surface area contributed by atoms with Gasteiger partial charge in [-0.1, -0.05) is 0 Å². The number of hydrogen-bond donors (Lipinski definition) is 0. The fourth-order valence-corrected chi connectivity index (χ4v) is 58.2. The molecule has 3 atom stereocenters. The van der Waals surface area contributed by atoms with E-state index in [1.165, 1.54) is 138 Å². The van der Waals surface area contributed by atoms with Crippen LogP contribution in [0.5, 0.6) is 0 Å². The topological polar surface area (TPSA) is 0 Å². The van der Waals surface area contributed by atoms with Gasteiger partial charge < -0.3 is 0 Å². The zero-order valence-electron chi connectivity index (χ0n) is 39.3. The van der Waals surface area contributed by atoms with Crippen molar-refractivity contribution in [3.8, 4) is 22.3 Å². The Hall–Kier alpha value is -1.53. The Labute approximate surface area is 386 Å². The molecule has 10 rings (SSSR count). The molecule has 0 nitrogen and oxygen atoms in total. The number of benzene rings is 4. The molecule has 4 bridgehead atoms. The van der Waals surface area contributed by atoms with Crippen LogP contribution in [-0.2, 0) is 15.6 Å². The van der Waals surface area contributed by atoms with E-state index in [-0.39, 0.29) is 7.25 Å². The summed E-state index contributed by atoms with van der Waals surface area (Å²) in [6.07, 6.45) is 22.9. The fourth-order valence-electron chi connectivity index (χ4n) is 14.8. The van der Waals surface area contributed by atoms with Crippen molar-refractivity contribution in [3.05, 3.63) is 118 Å². The Bertz CT molecular complexity index is 2270. The van der Waals surface area contributed by atoms with E-state index >= 15 is 0 Å². The molecule has 6 aliphatic rings. The number of allylic oxidation sites excluding steroid dienone is 2. The zero-order valence-corrected chi connectivity index (χ0v) is 46.4. The second-order valence-corrected chi connectivity index (χ2v) is 75.6. The third-order valence-electron chi connectivity index (χ3n) is 18.1. The summed E-state index contributed by atoms with van der Waals surface area (Å²) in [6.45, 7) is 19.8. The van der Waals surface area contributed by atoms with Crippen molar-refractivity contribution in [2.24, 2.45) is 22.7 Å². The van der Waals surface area contributed by atoms with Gasteiger partial charge >= 0.3 is 390 Å². The Morgan fingerprint density at radius 1 is 0.581 bits per heavy atom.